The molecule has 0 radical (unpaired) electrons. The second-order valence-corrected chi connectivity index (χ2v) is 5.39. The van der Waals surface area contributed by atoms with Gasteiger partial charge in [0.2, 0.25) is 0 Å². The average Bonchev–Trinajstić information content (AvgIpc) is 2.86. The summed E-state index contributed by atoms with van der Waals surface area (Å²) >= 11 is 6.09. The number of aliphatic hydroxyl groups is 1. The molecule has 2 aromatic rings. The van der Waals surface area contributed by atoms with Gasteiger partial charge in [-0.1, -0.05) is 35.7 Å². The molecule has 5 heteroatoms. The van der Waals surface area contributed by atoms with Crippen molar-refractivity contribution in [2.45, 2.75) is 19.2 Å². The largest absolute Gasteiger partial charge is 0.387 e. The Bertz CT molecular complexity index is 632. The van der Waals surface area contributed by atoms with Crippen LogP contribution in [0.1, 0.15) is 17.2 Å². The van der Waals surface area contributed by atoms with Crippen LogP contribution in [0.5, 0.6) is 0 Å². The van der Waals surface area contributed by atoms with Crippen LogP contribution in [0.3, 0.4) is 0 Å². The molecule has 4 nitrogen and oxygen atoms in total. The van der Waals surface area contributed by atoms with Gasteiger partial charge in [0.15, 0.2) is 0 Å². The molecule has 1 heterocycles. The minimum atomic E-state index is -0.621. The number of likely N-dealkylation sites (N-methyl/N-ethyl adjacent to an activating group) is 1. The molecule has 0 saturated heterocycles. The van der Waals surface area contributed by atoms with Crippen molar-refractivity contribution in [3.63, 3.8) is 0 Å². The summed E-state index contributed by atoms with van der Waals surface area (Å²) in [5, 5.41) is 15.0. The van der Waals surface area contributed by atoms with Crippen LogP contribution in [0.15, 0.2) is 36.7 Å². The molecule has 0 fully saturated rings. The van der Waals surface area contributed by atoms with E-state index in [-0.39, 0.29) is 0 Å². The standard InChI is InChI=1S/C16H18ClN3O/c1-3-8-20-11-13(9-18-20)10-19(2)12-16(21)14-6-4-5-7-15(14)17/h1,4-7,9,11,16,21H,8,10,12H2,2H3. The van der Waals surface area contributed by atoms with Gasteiger partial charge in [-0.15, -0.1) is 6.42 Å². The van der Waals surface area contributed by atoms with Crippen LogP contribution in [0, 0.1) is 12.3 Å². The second kappa shape index (κ2) is 7.28. The minimum absolute atomic E-state index is 0.464. The van der Waals surface area contributed by atoms with Gasteiger partial charge in [0.1, 0.15) is 6.54 Å². The predicted octanol–water partition coefficient (Wildman–Crippen LogP) is 2.34. The quantitative estimate of drug-likeness (QED) is 0.833. The highest BCUT2D eigenvalue weighted by molar-refractivity contribution is 6.31. The van der Waals surface area contributed by atoms with Gasteiger partial charge in [-0.3, -0.25) is 9.58 Å². The zero-order valence-electron chi connectivity index (χ0n) is 11.9. The molecule has 0 amide bonds. The number of benzene rings is 1. The Morgan fingerprint density at radius 2 is 2.24 bits per heavy atom. The molecule has 0 spiro atoms. The van der Waals surface area contributed by atoms with Crippen LogP contribution >= 0.6 is 11.6 Å². The van der Waals surface area contributed by atoms with Crippen LogP contribution < -0.4 is 0 Å². The van der Waals surface area contributed by atoms with E-state index in [1.54, 1.807) is 16.9 Å². The lowest BCUT2D eigenvalue weighted by molar-refractivity contribution is 0.124. The third-order valence-electron chi connectivity index (χ3n) is 3.14. The zero-order valence-corrected chi connectivity index (χ0v) is 12.7. The Hall–Kier alpha value is -1.80. The van der Waals surface area contributed by atoms with Crippen LogP contribution in [-0.2, 0) is 13.1 Å². The average molecular weight is 304 g/mol. The minimum Gasteiger partial charge on any atom is -0.387 e. The highest BCUT2D eigenvalue weighted by Gasteiger charge is 2.14. The Kier molecular flexibility index (Phi) is 5.40. The first-order chi connectivity index (χ1) is 10.1. The molecular formula is C16H18ClN3O. The fourth-order valence-electron chi connectivity index (χ4n) is 2.18. The molecule has 1 aromatic carbocycles. The fourth-order valence-corrected chi connectivity index (χ4v) is 2.44. The lowest BCUT2D eigenvalue weighted by atomic mass is 10.1. The molecule has 1 atom stereocenters. The lowest BCUT2D eigenvalue weighted by Crippen LogP contribution is -2.24. The maximum absolute atomic E-state index is 10.3. The van der Waals surface area contributed by atoms with Gasteiger partial charge in [0.05, 0.1) is 12.3 Å². The molecule has 0 aliphatic rings. The molecule has 1 unspecified atom stereocenters. The molecular weight excluding hydrogens is 286 g/mol. The maximum atomic E-state index is 10.3. The van der Waals surface area contributed by atoms with E-state index in [0.29, 0.717) is 24.7 Å². The molecule has 110 valence electrons. The summed E-state index contributed by atoms with van der Waals surface area (Å²) in [5.74, 6) is 2.54. The summed E-state index contributed by atoms with van der Waals surface area (Å²) in [6.45, 7) is 1.64. The Morgan fingerprint density at radius 1 is 1.48 bits per heavy atom. The summed E-state index contributed by atoms with van der Waals surface area (Å²) in [4.78, 5) is 2.02. The van der Waals surface area contributed by atoms with Crippen LogP contribution in [0.25, 0.3) is 0 Å². The summed E-state index contributed by atoms with van der Waals surface area (Å²) in [7, 11) is 1.94. The predicted molar refractivity (Wildman–Crippen MR) is 83.8 cm³/mol. The molecule has 2 rings (SSSR count). The molecule has 0 aliphatic heterocycles. The SMILES string of the molecule is C#CCn1cc(CN(C)CC(O)c2ccccc2Cl)cn1. The number of rotatable bonds is 6. The van der Waals surface area contributed by atoms with Crippen molar-refractivity contribution < 1.29 is 5.11 Å². The highest BCUT2D eigenvalue weighted by Crippen LogP contribution is 2.23. The summed E-state index contributed by atoms with van der Waals surface area (Å²) in [5.41, 5.74) is 1.80. The third kappa shape index (κ3) is 4.33. The lowest BCUT2D eigenvalue weighted by Gasteiger charge is -2.20. The molecule has 21 heavy (non-hydrogen) atoms. The van der Waals surface area contributed by atoms with E-state index in [9.17, 15) is 5.11 Å². The van der Waals surface area contributed by atoms with E-state index in [1.165, 1.54) is 0 Å². The first-order valence-electron chi connectivity index (χ1n) is 6.66. The number of nitrogens with zero attached hydrogens (tertiary/aromatic N) is 3. The number of terminal acetylenes is 1. The number of aromatic nitrogens is 2. The van der Waals surface area contributed by atoms with Gasteiger partial charge in [-0.25, -0.2) is 0 Å². The summed E-state index contributed by atoms with van der Waals surface area (Å²) < 4.78 is 1.72. The number of aliphatic hydroxyl groups excluding tert-OH is 1. The van der Waals surface area contributed by atoms with Crippen molar-refractivity contribution in [3.8, 4) is 12.3 Å². The van der Waals surface area contributed by atoms with Crippen molar-refractivity contribution in [2.24, 2.45) is 0 Å². The molecule has 1 N–H and O–H groups in total. The fraction of sp³-hybridized carbons (Fsp3) is 0.312. The van der Waals surface area contributed by atoms with Crippen molar-refractivity contribution in [2.75, 3.05) is 13.6 Å². The maximum Gasteiger partial charge on any atom is 0.101 e. The Labute approximate surface area is 130 Å². The van der Waals surface area contributed by atoms with E-state index in [1.807, 2.05) is 36.3 Å². The third-order valence-corrected chi connectivity index (χ3v) is 3.49. The van der Waals surface area contributed by atoms with Crippen molar-refractivity contribution in [1.82, 2.24) is 14.7 Å². The first-order valence-corrected chi connectivity index (χ1v) is 7.03. The van der Waals surface area contributed by atoms with E-state index < -0.39 is 6.10 Å². The van der Waals surface area contributed by atoms with Gasteiger partial charge in [-0.05, 0) is 13.1 Å². The van der Waals surface area contributed by atoms with Gasteiger partial charge < -0.3 is 5.11 Å². The van der Waals surface area contributed by atoms with E-state index in [0.717, 1.165) is 11.1 Å². The smallest absolute Gasteiger partial charge is 0.101 e. The first kappa shape index (κ1) is 15.6. The van der Waals surface area contributed by atoms with Gasteiger partial charge in [0.25, 0.3) is 0 Å². The van der Waals surface area contributed by atoms with Gasteiger partial charge in [-0.2, -0.15) is 5.10 Å². The van der Waals surface area contributed by atoms with E-state index in [2.05, 4.69) is 11.0 Å². The van der Waals surface area contributed by atoms with Crippen LogP contribution in [0.2, 0.25) is 5.02 Å². The topological polar surface area (TPSA) is 41.3 Å². The number of halogens is 1. The second-order valence-electron chi connectivity index (χ2n) is 4.98. The van der Waals surface area contributed by atoms with Crippen molar-refractivity contribution >= 4 is 11.6 Å². The molecule has 0 saturated carbocycles. The highest BCUT2D eigenvalue weighted by atomic mass is 35.5. The Morgan fingerprint density at radius 3 is 2.95 bits per heavy atom. The zero-order chi connectivity index (χ0) is 15.2. The molecule has 0 aliphatic carbocycles. The van der Waals surface area contributed by atoms with Crippen LogP contribution in [-0.4, -0.2) is 33.4 Å². The van der Waals surface area contributed by atoms with Gasteiger partial charge in [0, 0.05) is 35.4 Å². The summed E-state index contributed by atoms with van der Waals surface area (Å²) in [6.07, 6.45) is 8.33. The van der Waals surface area contributed by atoms with Crippen molar-refractivity contribution in [3.05, 3.63) is 52.8 Å². The molecule has 0 bridgehead atoms. The monoisotopic (exact) mass is 303 g/mol. The van der Waals surface area contributed by atoms with Crippen molar-refractivity contribution in [1.29, 1.82) is 0 Å². The number of hydrogen-bond acceptors (Lipinski definition) is 3. The van der Waals surface area contributed by atoms with Crippen LogP contribution in [0.4, 0.5) is 0 Å². The normalized spacial score (nSPS) is 12.3. The Balaban J connectivity index is 1.93. The van der Waals surface area contributed by atoms with Gasteiger partial charge >= 0.3 is 0 Å². The van der Waals surface area contributed by atoms with E-state index >= 15 is 0 Å². The summed E-state index contributed by atoms with van der Waals surface area (Å²) in [6, 6.07) is 7.34. The van der Waals surface area contributed by atoms with E-state index in [4.69, 9.17) is 18.0 Å². The molecule has 1 aromatic heterocycles. The number of hydrogen-bond donors (Lipinski definition) is 1.